The van der Waals surface area contributed by atoms with Crippen LogP contribution in [0, 0.1) is 11.8 Å². The van der Waals surface area contributed by atoms with Gasteiger partial charge in [-0.05, 0) is 24.3 Å². The fourth-order valence-electron chi connectivity index (χ4n) is 2.61. The van der Waals surface area contributed by atoms with Gasteiger partial charge in [0.05, 0.1) is 0 Å². The molecule has 0 spiro atoms. The Labute approximate surface area is 87.9 Å². The van der Waals surface area contributed by atoms with E-state index < -0.39 is 17.5 Å². The Hall–Kier alpha value is -0.730. The summed E-state index contributed by atoms with van der Waals surface area (Å²) in [5.41, 5.74) is 0. The molecule has 15 heavy (non-hydrogen) atoms. The van der Waals surface area contributed by atoms with E-state index in [1.165, 1.54) is 18.9 Å². The van der Waals surface area contributed by atoms with Gasteiger partial charge in [-0.1, -0.05) is 25.7 Å². The molecule has 0 bridgehead atoms. The van der Waals surface area contributed by atoms with Gasteiger partial charge >= 0.3 is 0 Å². The van der Waals surface area contributed by atoms with Gasteiger partial charge in [-0.15, -0.1) is 0 Å². The predicted molar refractivity (Wildman–Crippen MR) is 53.1 cm³/mol. The van der Waals surface area contributed by atoms with E-state index in [9.17, 15) is 13.2 Å². The van der Waals surface area contributed by atoms with Crippen molar-refractivity contribution in [2.24, 2.45) is 11.8 Å². The SMILES string of the molecule is FC1=CC(CC2CCCC2)CC(F)=C1F. The number of halogens is 3. The van der Waals surface area contributed by atoms with Gasteiger partial charge in [0.2, 0.25) is 0 Å². The van der Waals surface area contributed by atoms with Crippen molar-refractivity contribution >= 4 is 0 Å². The second kappa shape index (κ2) is 4.42. The third-order valence-corrected chi connectivity index (χ3v) is 3.38. The third kappa shape index (κ3) is 2.44. The van der Waals surface area contributed by atoms with Crippen LogP contribution < -0.4 is 0 Å². The molecule has 0 aliphatic heterocycles. The minimum absolute atomic E-state index is 0.0375. The van der Waals surface area contributed by atoms with Crippen LogP contribution in [0.1, 0.15) is 38.5 Å². The van der Waals surface area contributed by atoms with Crippen LogP contribution in [0.15, 0.2) is 23.6 Å². The van der Waals surface area contributed by atoms with E-state index in [1.807, 2.05) is 0 Å². The molecule has 2 rings (SSSR count). The monoisotopic (exact) mass is 216 g/mol. The predicted octanol–water partition coefficient (Wildman–Crippen LogP) is 4.59. The first-order valence-corrected chi connectivity index (χ1v) is 5.58. The Morgan fingerprint density at radius 1 is 1.13 bits per heavy atom. The molecule has 1 unspecified atom stereocenters. The first kappa shape index (κ1) is 10.8. The summed E-state index contributed by atoms with van der Waals surface area (Å²) < 4.78 is 38.6. The number of rotatable bonds is 2. The van der Waals surface area contributed by atoms with Crippen molar-refractivity contribution < 1.29 is 13.2 Å². The van der Waals surface area contributed by atoms with Crippen LogP contribution in [0.3, 0.4) is 0 Å². The van der Waals surface area contributed by atoms with Gasteiger partial charge in [-0.2, -0.15) is 0 Å². The molecule has 1 fully saturated rings. The van der Waals surface area contributed by atoms with E-state index in [0.29, 0.717) is 5.92 Å². The molecule has 0 aromatic heterocycles. The van der Waals surface area contributed by atoms with Crippen LogP contribution in [0.2, 0.25) is 0 Å². The molecule has 1 saturated carbocycles. The molecule has 0 aromatic carbocycles. The highest BCUT2D eigenvalue weighted by atomic mass is 19.2. The molecule has 2 aliphatic carbocycles. The van der Waals surface area contributed by atoms with E-state index >= 15 is 0 Å². The smallest absolute Gasteiger partial charge is 0.189 e. The first-order chi connectivity index (χ1) is 7.16. The standard InChI is InChI=1S/C12H15F3/c13-10-6-9(7-11(14)12(10)15)5-8-3-1-2-4-8/h6,8-9H,1-5,7H2. The second-order valence-corrected chi connectivity index (χ2v) is 4.58. The Morgan fingerprint density at radius 2 is 1.80 bits per heavy atom. The summed E-state index contributed by atoms with van der Waals surface area (Å²) in [7, 11) is 0. The van der Waals surface area contributed by atoms with E-state index in [1.54, 1.807) is 0 Å². The molecule has 84 valence electrons. The van der Waals surface area contributed by atoms with Gasteiger partial charge in [-0.25, -0.2) is 13.2 Å². The Bertz CT molecular complexity index is 298. The molecule has 0 radical (unpaired) electrons. The zero-order chi connectivity index (χ0) is 10.8. The fraction of sp³-hybridized carbons (Fsp3) is 0.667. The Morgan fingerprint density at radius 3 is 2.40 bits per heavy atom. The summed E-state index contributed by atoms with van der Waals surface area (Å²) in [6, 6.07) is 0. The quantitative estimate of drug-likeness (QED) is 0.633. The Kier molecular flexibility index (Phi) is 3.17. The Balaban J connectivity index is 1.96. The van der Waals surface area contributed by atoms with E-state index in [4.69, 9.17) is 0 Å². The molecule has 1 atom stereocenters. The second-order valence-electron chi connectivity index (χ2n) is 4.58. The highest BCUT2D eigenvalue weighted by molar-refractivity contribution is 5.27. The molecular formula is C12H15F3. The summed E-state index contributed by atoms with van der Waals surface area (Å²) >= 11 is 0. The van der Waals surface area contributed by atoms with Gasteiger partial charge in [0.15, 0.2) is 11.7 Å². The lowest BCUT2D eigenvalue weighted by molar-refractivity contribution is 0.367. The molecule has 0 amide bonds. The molecule has 0 heterocycles. The maximum absolute atomic E-state index is 13.0. The van der Waals surface area contributed by atoms with Gasteiger partial charge in [-0.3, -0.25) is 0 Å². The molecular weight excluding hydrogens is 201 g/mol. The number of hydrogen-bond donors (Lipinski definition) is 0. The van der Waals surface area contributed by atoms with Gasteiger partial charge < -0.3 is 0 Å². The minimum Gasteiger partial charge on any atom is -0.208 e. The average molecular weight is 216 g/mol. The van der Waals surface area contributed by atoms with Crippen molar-refractivity contribution in [3.63, 3.8) is 0 Å². The summed E-state index contributed by atoms with van der Waals surface area (Å²) in [4.78, 5) is 0. The van der Waals surface area contributed by atoms with Crippen LogP contribution in [0.25, 0.3) is 0 Å². The maximum Gasteiger partial charge on any atom is 0.189 e. The van der Waals surface area contributed by atoms with Crippen LogP contribution in [0.4, 0.5) is 13.2 Å². The zero-order valence-corrected chi connectivity index (χ0v) is 8.61. The van der Waals surface area contributed by atoms with Crippen LogP contribution in [0.5, 0.6) is 0 Å². The lowest BCUT2D eigenvalue weighted by atomic mass is 9.88. The van der Waals surface area contributed by atoms with Crippen LogP contribution in [-0.2, 0) is 0 Å². The molecule has 0 N–H and O–H groups in total. The van der Waals surface area contributed by atoms with Crippen LogP contribution >= 0.6 is 0 Å². The van der Waals surface area contributed by atoms with Crippen molar-refractivity contribution in [3.8, 4) is 0 Å². The zero-order valence-electron chi connectivity index (χ0n) is 8.61. The van der Waals surface area contributed by atoms with Crippen LogP contribution in [-0.4, -0.2) is 0 Å². The minimum atomic E-state index is -1.29. The summed E-state index contributed by atoms with van der Waals surface area (Å²) in [6.45, 7) is 0. The normalized spacial score (nSPS) is 28.5. The topological polar surface area (TPSA) is 0 Å². The fourth-order valence-corrected chi connectivity index (χ4v) is 2.61. The highest BCUT2D eigenvalue weighted by Crippen LogP contribution is 2.38. The summed E-state index contributed by atoms with van der Waals surface area (Å²) in [5, 5.41) is 0. The van der Waals surface area contributed by atoms with Gasteiger partial charge in [0.25, 0.3) is 0 Å². The molecule has 0 saturated heterocycles. The molecule has 2 aliphatic rings. The maximum atomic E-state index is 13.0. The first-order valence-electron chi connectivity index (χ1n) is 5.58. The van der Waals surface area contributed by atoms with Gasteiger partial charge in [0.1, 0.15) is 5.83 Å². The third-order valence-electron chi connectivity index (χ3n) is 3.38. The number of allylic oxidation sites excluding steroid dienone is 4. The summed E-state index contributed by atoms with van der Waals surface area (Å²) in [6.07, 6.45) is 6.83. The molecule has 0 aromatic rings. The van der Waals surface area contributed by atoms with Crippen molar-refractivity contribution in [2.75, 3.05) is 0 Å². The lowest BCUT2D eigenvalue weighted by Crippen LogP contribution is -2.09. The largest absolute Gasteiger partial charge is 0.208 e. The van der Waals surface area contributed by atoms with Crippen molar-refractivity contribution in [2.45, 2.75) is 38.5 Å². The van der Waals surface area contributed by atoms with E-state index in [0.717, 1.165) is 19.3 Å². The van der Waals surface area contributed by atoms with Crippen molar-refractivity contribution in [3.05, 3.63) is 23.6 Å². The molecule has 3 heteroatoms. The van der Waals surface area contributed by atoms with Gasteiger partial charge in [0, 0.05) is 6.42 Å². The van der Waals surface area contributed by atoms with Crippen molar-refractivity contribution in [1.29, 1.82) is 0 Å². The lowest BCUT2D eigenvalue weighted by Gasteiger charge is -2.19. The van der Waals surface area contributed by atoms with Crippen molar-refractivity contribution in [1.82, 2.24) is 0 Å². The number of hydrogen-bond acceptors (Lipinski definition) is 0. The highest BCUT2D eigenvalue weighted by Gasteiger charge is 2.26. The van der Waals surface area contributed by atoms with E-state index in [-0.39, 0.29) is 12.3 Å². The van der Waals surface area contributed by atoms with E-state index in [2.05, 4.69) is 0 Å². The summed E-state index contributed by atoms with van der Waals surface area (Å²) in [5.74, 6) is -2.79. The molecule has 0 nitrogen and oxygen atoms in total. The average Bonchev–Trinajstić information content (AvgIpc) is 2.66.